The van der Waals surface area contributed by atoms with Gasteiger partial charge in [-0.05, 0) is 35.8 Å². The van der Waals surface area contributed by atoms with Crippen LogP contribution in [-0.4, -0.2) is 6.54 Å². The molecular weight excluding hydrogens is 242 g/mol. The Hall–Kier alpha value is -1.73. The van der Waals surface area contributed by atoms with E-state index >= 15 is 0 Å². The molecule has 2 rings (SSSR count). The van der Waals surface area contributed by atoms with Crippen molar-refractivity contribution in [2.24, 2.45) is 0 Å². The average Bonchev–Trinajstić information content (AvgIpc) is 2.41. The highest BCUT2D eigenvalue weighted by Gasteiger charge is 2.02. The molecule has 0 heterocycles. The summed E-state index contributed by atoms with van der Waals surface area (Å²) < 4.78 is 0. The minimum atomic E-state index is 0.713. The smallest absolute Gasteiger partial charge is 0.0455 e. The third-order valence-corrected chi connectivity index (χ3v) is 3.35. The second kappa shape index (κ2) is 5.74. The van der Waals surface area contributed by atoms with Crippen LogP contribution in [0.5, 0.6) is 0 Å². The Labute approximate surface area is 113 Å². The van der Waals surface area contributed by atoms with Crippen molar-refractivity contribution >= 4 is 22.9 Å². The summed E-state index contributed by atoms with van der Waals surface area (Å²) >= 11 is 6.08. The van der Waals surface area contributed by atoms with Crippen LogP contribution in [0.2, 0.25) is 5.02 Å². The van der Waals surface area contributed by atoms with Crippen LogP contribution in [0.15, 0.2) is 55.1 Å². The molecule has 0 radical (unpaired) electrons. The highest BCUT2D eigenvalue weighted by Crippen LogP contribution is 2.23. The van der Waals surface area contributed by atoms with E-state index in [1.807, 2.05) is 43.3 Å². The van der Waals surface area contributed by atoms with E-state index in [4.69, 9.17) is 11.6 Å². The van der Waals surface area contributed by atoms with Gasteiger partial charge in [0, 0.05) is 17.3 Å². The van der Waals surface area contributed by atoms with Crippen molar-refractivity contribution in [1.82, 2.24) is 0 Å². The first-order valence-electron chi connectivity index (χ1n) is 5.90. The molecule has 0 saturated carbocycles. The lowest BCUT2D eigenvalue weighted by molar-refractivity contribution is 1.31. The summed E-state index contributed by atoms with van der Waals surface area (Å²) in [5.41, 5.74) is 4.35. The molecule has 0 amide bonds. The van der Waals surface area contributed by atoms with E-state index in [0.717, 1.165) is 27.4 Å². The third kappa shape index (κ3) is 2.93. The molecule has 92 valence electrons. The van der Waals surface area contributed by atoms with E-state index in [9.17, 15) is 0 Å². The zero-order chi connectivity index (χ0) is 13.0. The average molecular weight is 258 g/mol. The standard InChI is InChI=1S/C16H16ClN/c1-12(14-7-4-3-5-8-14)11-18-16-10-6-9-15(17)13(16)2/h3-10,18H,1,11H2,2H3. The van der Waals surface area contributed by atoms with Crippen LogP contribution in [0, 0.1) is 6.92 Å². The van der Waals surface area contributed by atoms with E-state index in [-0.39, 0.29) is 0 Å². The molecule has 0 unspecified atom stereocenters. The van der Waals surface area contributed by atoms with Crippen molar-refractivity contribution in [3.05, 3.63) is 71.3 Å². The fourth-order valence-electron chi connectivity index (χ4n) is 1.78. The molecule has 1 N–H and O–H groups in total. The van der Waals surface area contributed by atoms with E-state index in [1.54, 1.807) is 0 Å². The van der Waals surface area contributed by atoms with Gasteiger partial charge in [0.1, 0.15) is 0 Å². The van der Waals surface area contributed by atoms with E-state index < -0.39 is 0 Å². The summed E-state index contributed by atoms with van der Waals surface area (Å²) in [6.07, 6.45) is 0. The Morgan fingerprint density at radius 1 is 1.11 bits per heavy atom. The molecule has 0 aliphatic heterocycles. The lowest BCUT2D eigenvalue weighted by Crippen LogP contribution is -2.04. The molecule has 0 aromatic heterocycles. The number of hydrogen-bond donors (Lipinski definition) is 1. The van der Waals surface area contributed by atoms with Crippen LogP contribution < -0.4 is 5.32 Å². The zero-order valence-electron chi connectivity index (χ0n) is 10.4. The molecule has 2 heteroatoms. The first kappa shape index (κ1) is 12.7. The van der Waals surface area contributed by atoms with Crippen molar-refractivity contribution < 1.29 is 0 Å². The van der Waals surface area contributed by atoms with Crippen LogP contribution in [0.25, 0.3) is 5.57 Å². The maximum atomic E-state index is 6.08. The van der Waals surface area contributed by atoms with Gasteiger partial charge in [-0.15, -0.1) is 0 Å². The lowest BCUT2D eigenvalue weighted by Gasteiger charge is -2.12. The zero-order valence-corrected chi connectivity index (χ0v) is 11.2. The van der Waals surface area contributed by atoms with Gasteiger partial charge in [-0.25, -0.2) is 0 Å². The summed E-state index contributed by atoms with van der Waals surface area (Å²) in [6.45, 7) is 6.82. The van der Waals surface area contributed by atoms with Gasteiger partial charge in [0.15, 0.2) is 0 Å². The second-order valence-electron chi connectivity index (χ2n) is 4.24. The highest BCUT2D eigenvalue weighted by molar-refractivity contribution is 6.31. The van der Waals surface area contributed by atoms with Gasteiger partial charge in [0.25, 0.3) is 0 Å². The second-order valence-corrected chi connectivity index (χ2v) is 4.64. The lowest BCUT2D eigenvalue weighted by atomic mass is 10.1. The minimum absolute atomic E-state index is 0.713. The molecule has 18 heavy (non-hydrogen) atoms. The van der Waals surface area contributed by atoms with Gasteiger partial charge in [-0.3, -0.25) is 0 Å². The molecule has 0 aliphatic carbocycles. The molecule has 0 bridgehead atoms. The number of benzene rings is 2. The first-order chi connectivity index (χ1) is 8.68. The van der Waals surface area contributed by atoms with Crippen LogP contribution >= 0.6 is 11.6 Å². The molecule has 0 spiro atoms. The molecule has 0 saturated heterocycles. The monoisotopic (exact) mass is 257 g/mol. The van der Waals surface area contributed by atoms with Crippen molar-refractivity contribution in [2.75, 3.05) is 11.9 Å². The first-order valence-corrected chi connectivity index (χ1v) is 6.28. The largest absolute Gasteiger partial charge is 0.381 e. The molecule has 2 aromatic rings. The van der Waals surface area contributed by atoms with Gasteiger partial charge in [0.05, 0.1) is 0 Å². The summed E-state index contributed by atoms with van der Waals surface area (Å²) in [4.78, 5) is 0. The molecule has 0 atom stereocenters. The minimum Gasteiger partial charge on any atom is -0.381 e. The third-order valence-electron chi connectivity index (χ3n) is 2.94. The Morgan fingerprint density at radius 3 is 2.56 bits per heavy atom. The van der Waals surface area contributed by atoms with Crippen LogP contribution in [0.4, 0.5) is 5.69 Å². The number of halogens is 1. The predicted molar refractivity (Wildman–Crippen MR) is 80.2 cm³/mol. The summed E-state index contributed by atoms with van der Waals surface area (Å²) in [6, 6.07) is 16.0. The van der Waals surface area contributed by atoms with E-state index in [2.05, 4.69) is 24.0 Å². The normalized spacial score (nSPS) is 10.1. The van der Waals surface area contributed by atoms with Crippen molar-refractivity contribution in [1.29, 1.82) is 0 Å². The Balaban J connectivity index is 2.04. The van der Waals surface area contributed by atoms with Gasteiger partial charge in [0.2, 0.25) is 0 Å². The fraction of sp³-hybridized carbons (Fsp3) is 0.125. The van der Waals surface area contributed by atoms with E-state index in [1.165, 1.54) is 0 Å². The van der Waals surface area contributed by atoms with Crippen molar-refractivity contribution in [3.63, 3.8) is 0 Å². The van der Waals surface area contributed by atoms with Gasteiger partial charge in [-0.1, -0.05) is 54.6 Å². The molecular formula is C16H16ClN. The van der Waals surface area contributed by atoms with Crippen LogP contribution in [0.1, 0.15) is 11.1 Å². The number of hydrogen-bond acceptors (Lipinski definition) is 1. The topological polar surface area (TPSA) is 12.0 Å². The SMILES string of the molecule is C=C(CNc1cccc(Cl)c1C)c1ccccc1. The van der Waals surface area contributed by atoms with Gasteiger partial charge >= 0.3 is 0 Å². The maximum absolute atomic E-state index is 6.08. The van der Waals surface area contributed by atoms with Crippen LogP contribution in [0.3, 0.4) is 0 Å². The highest BCUT2D eigenvalue weighted by atomic mass is 35.5. The Morgan fingerprint density at radius 2 is 1.83 bits per heavy atom. The molecule has 0 aliphatic rings. The number of nitrogens with one attached hydrogen (secondary N) is 1. The van der Waals surface area contributed by atoms with Crippen molar-refractivity contribution in [3.8, 4) is 0 Å². The van der Waals surface area contributed by atoms with Gasteiger partial charge in [-0.2, -0.15) is 0 Å². The fourth-order valence-corrected chi connectivity index (χ4v) is 1.95. The maximum Gasteiger partial charge on any atom is 0.0455 e. The predicted octanol–water partition coefficient (Wildman–Crippen LogP) is 4.77. The molecule has 0 fully saturated rings. The van der Waals surface area contributed by atoms with Crippen LogP contribution in [-0.2, 0) is 0 Å². The van der Waals surface area contributed by atoms with Gasteiger partial charge < -0.3 is 5.32 Å². The quantitative estimate of drug-likeness (QED) is 0.832. The van der Waals surface area contributed by atoms with E-state index in [0.29, 0.717) is 6.54 Å². The molecule has 1 nitrogen and oxygen atoms in total. The Bertz CT molecular complexity index is 546. The summed E-state index contributed by atoms with van der Waals surface area (Å²) in [7, 11) is 0. The Kier molecular flexibility index (Phi) is 4.06. The number of anilines is 1. The summed E-state index contributed by atoms with van der Waals surface area (Å²) in [5.74, 6) is 0. The van der Waals surface area contributed by atoms with Crippen molar-refractivity contribution in [2.45, 2.75) is 6.92 Å². The number of rotatable bonds is 4. The molecule has 2 aromatic carbocycles. The summed E-state index contributed by atoms with van der Waals surface area (Å²) in [5, 5.41) is 4.15.